The number of hydrogen-bond donors (Lipinski definition) is 3. The lowest BCUT2D eigenvalue weighted by Crippen LogP contribution is -2.30. The summed E-state index contributed by atoms with van der Waals surface area (Å²) in [6, 6.07) is 26.7. The van der Waals surface area contributed by atoms with E-state index in [1.807, 2.05) is 43.6 Å². The Morgan fingerprint density at radius 2 is 1.52 bits per heavy atom. The topological polar surface area (TPSA) is 160 Å². The Hall–Kier alpha value is -6.82. The van der Waals surface area contributed by atoms with Gasteiger partial charge < -0.3 is 34.9 Å². The average Bonchev–Trinajstić information content (AvgIpc) is 4.29. The van der Waals surface area contributed by atoms with E-state index in [0.717, 1.165) is 82.7 Å². The van der Waals surface area contributed by atoms with Crippen molar-refractivity contribution in [2.45, 2.75) is 96.3 Å². The van der Waals surface area contributed by atoms with Gasteiger partial charge in [0.1, 0.15) is 12.1 Å². The van der Waals surface area contributed by atoms with Crippen LogP contribution in [0.5, 0.6) is 0 Å². The summed E-state index contributed by atoms with van der Waals surface area (Å²) in [6.45, 7) is 7.00. The number of rotatable bonds is 26. The van der Waals surface area contributed by atoms with Crippen molar-refractivity contribution < 1.29 is 27.5 Å². The summed E-state index contributed by atoms with van der Waals surface area (Å²) in [4.78, 5) is 39.1. The largest absolute Gasteiger partial charge is 0.444 e. The number of carbonyl (C=O) groups excluding carboxylic acids is 2. The number of oxazole rings is 1. The van der Waals surface area contributed by atoms with Gasteiger partial charge in [0.2, 0.25) is 5.89 Å². The van der Waals surface area contributed by atoms with Gasteiger partial charge in [0, 0.05) is 95.0 Å². The van der Waals surface area contributed by atoms with Crippen molar-refractivity contribution in [1.29, 1.82) is 0 Å². The molecule has 3 aliphatic carbocycles. The fourth-order valence-corrected chi connectivity index (χ4v) is 10.1. The molecule has 3 saturated carbocycles. The van der Waals surface area contributed by atoms with Crippen molar-refractivity contribution in [3.05, 3.63) is 132 Å². The minimum atomic E-state index is -2.86. The third-order valence-electron chi connectivity index (χ3n) is 14.9. The van der Waals surface area contributed by atoms with Crippen LogP contribution in [0.1, 0.15) is 114 Å². The molecule has 4 heterocycles. The monoisotopic (exact) mass is 1020 g/mol. The molecule has 2 amide bonds. The fourth-order valence-electron chi connectivity index (χ4n) is 10.1. The molecule has 0 aliphatic heterocycles. The number of alkyl halides is 2. The van der Waals surface area contributed by atoms with E-state index in [0.29, 0.717) is 55.1 Å². The molecule has 75 heavy (non-hydrogen) atoms. The first-order chi connectivity index (χ1) is 36.6. The SMILES string of the molecule is CN(CCCOCCCN(C)C(=O)c1ccc(CNCc2ccc(-c3ccc4c(cnn4CC4CC4)c3)cc2)cc1)CC1CCC(n2cc(NC(=O)c3coc(-c4ccnc(NCC5CC5)c4)n3)c(C(F)F)n2)CC1. The minimum Gasteiger partial charge on any atom is -0.444 e. The van der Waals surface area contributed by atoms with Crippen molar-refractivity contribution in [1.82, 2.24) is 44.6 Å². The second-order valence-corrected chi connectivity index (χ2v) is 21.0. The Morgan fingerprint density at radius 1 is 0.813 bits per heavy atom. The molecule has 0 saturated heterocycles. The molecule has 394 valence electrons. The van der Waals surface area contributed by atoms with Gasteiger partial charge in [0.15, 0.2) is 11.4 Å². The number of halogens is 2. The standard InChI is InChI=1S/C58H69F2N11O4/c1-68(35-42-13-20-49(21-14-42)70-37-50(54(67-70)55(59)60)65-56(72)51-38-75-57(66-51)47-23-24-62-53(30-47)63-33-41-5-6-41)25-3-27-74-28-4-26-69(2)58(73)45-17-11-40(12-18-45)32-61-31-39-9-15-44(16-10-39)46-19-22-52-48(29-46)34-64-71(52)36-43-7-8-43/h9-12,15-19,22-24,29-30,34,37-38,41-43,49,55,61H,3-8,13-14,20-21,25-28,31-33,35-36H2,1-2H3,(H,62,63)(H,65,72). The molecule has 0 spiro atoms. The van der Waals surface area contributed by atoms with E-state index in [2.05, 4.69) is 95.2 Å². The van der Waals surface area contributed by atoms with Crippen LogP contribution in [0.4, 0.5) is 20.3 Å². The first-order valence-corrected chi connectivity index (χ1v) is 26.8. The lowest BCUT2D eigenvalue weighted by atomic mass is 9.86. The van der Waals surface area contributed by atoms with E-state index in [1.54, 1.807) is 21.8 Å². The summed E-state index contributed by atoms with van der Waals surface area (Å²) in [5.41, 5.74) is 6.74. The molecule has 3 fully saturated rings. The Morgan fingerprint density at radius 3 is 2.25 bits per heavy atom. The van der Waals surface area contributed by atoms with Gasteiger partial charge in [-0.2, -0.15) is 10.2 Å². The molecule has 0 unspecified atom stereocenters. The van der Waals surface area contributed by atoms with Crippen molar-refractivity contribution in [3.8, 4) is 22.6 Å². The van der Waals surface area contributed by atoms with Crippen LogP contribution in [0.25, 0.3) is 33.5 Å². The smallest absolute Gasteiger partial charge is 0.284 e. The molecule has 3 aliphatic rings. The first kappa shape index (κ1) is 51.7. The van der Waals surface area contributed by atoms with Crippen LogP contribution >= 0.6 is 0 Å². The summed E-state index contributed by atoms with van der Waals surface area (Å²) in [5, 5.41) is 19.5. The maximum Gasteiger partial charge on any atom is 0.284 e. The van der Waals surface area contributed by atoms with Gasteiger partial charge in [-0.15, -0.1) is 0 Å². The van der Waals surface area contributed by atoms with E-state index < -0.39 is 18.0 Å². The van der Waals surface area contributed by atoms with Gasteiger partial charge in [-0.3, -0.25) is 19.0 Å². The predicted molar refractivity (Wildman–Crippen MR) is 286 cm³/mol. The predicted octanol–water partition coefficient (Wildman–Crippen LogP) is 10.9. The maximum atomic E-state index is 14.2. The van der Waals surface area contributed by atoms with Gasteiger partial charge in [0.05, 0.1) is 23.4 Å². The van der Waals surface area contributed by atoms with Crippen LogP contribution in [0.3, 0.4) is 0 Å². The number of benzene rings is 3. The molecule has 15 nitrogen and oxygen atoms in total. The molecule has 4 aromatic heterocycles. The van der Waals surface area contributed by atoms with Gasteiger partial charge in [-0.05, 0) is 148 Å². The summed E-state index contributed by atoms with van der Waals surface area (Å²) in [5.74, 6) is 2.22. The van der Waals surface area contributed by atoms with E-state index in [1.165, 1.54) is 65.7 Å². The second-order valence-electron chi connectivity index (χ2n) is 21.0. The van der Waals surface area contributed by atoms with Crippen molar-refractivity contribution in [3.63, 3.8) is 0 Å². The van der Waals surface area contributed by atoms with E-state index in [9.17, 15) is 18.4 Å². The number of nitrogens with zero attached hydrogens (tertiary/aromatic N) is 8. The van der Waals surface area contributed by atoms with Gasteiger partial charge in [0.25, 0.3) is 18.2 Å². The second kappa shape index (κ2) is 24.2. The molecular formula is C58H69F2N11O4. The Labute approximate surface area is 437 Å². The molecule has 0 radical (unpaired) electrons. The number of fused-ring (bicyclic) bond motifs is 1. The Bertz CT molecular complexity index is 2990. The average molecular weight is 1020 g/mol. The molecule has 7 aromatic rings. The van der Waals surface area contributed by atoms with Crippen LogP contribution in [-0.2, 0) is 24.4 Å². The summed E-state index contributed by atoms with van der Waals surface area (Å²) in [6.07, 6.45) is 13.7. The van der Waals surface area contributed by atoms with Crippen LogP contribution in [-0.4, -0.2) is 105 Å². The number of ether oxygens (including phenoxy) is 1. The molecule has 0 atom stereocenters. The molecule has 0 bridgehead atoms. The molecule has 10 rings (SSSR count). The zero-order valence-electron chi connectivity index (χ0n) is 43.1. The first-order valence-electron chi connectivity index (χ1n) is 26.8. The van der Waals surface area contributed by atoms with E-state index in [4.69, 9.17) is 9.15 Å². The summed E-state index contributed by atoms with van der Waals surface area (Å²) in [7, 11) is 3.96. The summed E-state index contributed by atoms with van der Waals surface area (Å²) < 4.78 is 43.7. The van der Waals surface area contributed by atoms with E-state index in [-0.39, 0.29) is 29.2 Å². The third kappa shape index (κ3) is 13.9. The Balaban J connectivity index is 0.578. The highest BCUT2D eigenvalue weighted by Crippen LogP contribution is 2.36. The van der Waals surface area contributed by atoms with Crippen molar-refractivity contribution >= 4 is 34.2 Å². The number of anilines is 2. The zero-order valence-corrected chi connectivity index (χ0v) is 43.1. The normalized spacial score (nSPS) is 16.8. The third-order valence-corrected chi connectivity index (χ3v) is 14.9. The van der Waals surface area contributed by atoms with Crippen molar-refractivity contribution in [2.24, 2.45) is 17.8 Å². The highest BCUT2D eigenvalue weighted by atomic mass is 19.3. The number of nitrogens with one attached hydrogen (secondary N) is 3. The van der Waals surface area contributed by atoms with E-state index >= 15 is 0 Å². The number of amides is 2. The zero-order chi connectivity index (χ0) is 51.7. The molecule has 17 heteroatoms. The lowest BCUT2D eigenvalue weighted by molar-refractivity contribution is 0.0756. The molecule has 3 aromatic carbocycles. The Kier molecular flexibility index (Phi) is 16.7. The van der Waals surface area contributed by atoms with Gasteiger partial charge in [-0.25, -0.2) is 18.7 Å². The quantitative estimate of drug-likeness (QED) is 0.0443. The van der Waals surface area contributed by atoms with Crippen LogP contribution < -0.4 is 16.0 Å². The van der Waals surface area contributed by atoms with Gasteiger partial charge >= 0.3 is 0 Å². The maximum absolute atomic E-state index is 14.2. The molecule has 3 N–H and O–H groups in total. The minimum absolute atomic E-state index is 0.00159. The fraction of sp³-hybridized carbons (Fsp3) is 0.448. The van der Waals surface area contributed by atoms with Gasteiger partial charge in [-0.1, -0.05) is 42.5 Å². The number of hydrogen-bond acceptors (Lipinski definition) is 11. The van der Waals surface area contributed by atoms with Crippen LogP contribution in [0, 0.1) is 17.8 Å². The molecular weight excluding hydrogens is 953 g/mol. The van der Waals surface area contributed by atoms with Crippen LogP contribution in [0.2, 0.25) is 0 Å². The lowest BCUT2D eigenvalue weighted by Gasteiger charge is -2.31. The number of pyridine rings is 1. The van der Waals surface area contributed by atoms with Crippen LogP contribution in [0.15, 0.2) is 108 Å². The highest BCUT2D eigenvalue weighted by Gasteiger charge is 2.29. The van der Waals surface area contributed by atoms with Crippen molar-refractivity contribution in [2.75, 3.05) is 64.1 Å². The highest BCUT2D eigenvalue weighted by molar-refractivity contribution is 6.03. The number of aromatic nitrogens is 6. The number of carbonyl (C=O) groups is 2. The summed E-state index contributed by atoms with van der Waals surface area (Å²) >= 11 is 0.